The van der Waals surface area contributed by atoms with Crippen LogP contribution < -0.4 is 5.32 Å². The van der Waals surface area contributed by atoms with Gasteiger partial charge in [-0.1, -0.05) is 85.4 Å². The van der Waals surface area contributed by atoms with Crippen molar-refractivity contribution >= 4 is 34.1 Å². The molecule has 1 amide bonds. The number of nitrogens with one attached hydrogen (secondary N) is 1. The van der Waals surface area contributed by atoms with Crippen LogP contribution in [0.15, 0.2) is 84.0 Å². The summed E-state index contributed by atoms with van der Waals surface area (Å²) in [6.07, 6.45) is 0.680. The van der Waals surface area contributed by atoms with Gasteiger partial charge in [0.2, 0.25) is 5.91 Å². The van der Waals surface area contributed by atoms with E-state index < -0.39 is 0 Å². The Labute approximate surface area is 180 Å². The minimum Gasteiger partial charge on any atom is -0.325 e. The largest absolute Gasteiger partial charge is 0.325 e. The number of amides is 1. The van der Waals surface area contributed by atoms with Gasteiger partial charge >= 0.3 is 0 Å². The summed E-state index contributed by atoms with van der Waals surface area (Å²) in [5.41, 5.74) is 3.62. The average molecular weight is 414 g/mol. The van der Waals surface area contributed by atoms with E-state index >= 15 is 0 Å². The van der Waals surface area contributed by atoms with Gasteiger partial charge in [-0.15, -0.1) is 0 Å². The number of aryl methyl sites for hydroxylation is 1. The molecule has 1 N–H and O–H groups in total. The van der Waals surface area contributed by atoms with E-state index in [1.807, 2.05) is 92.7 Å². The zero-order chi connectivity index (χ0) is 20.9. The average Bonchev–Trinajstić information content (AvgIpc) is 2.78. The Balaban J connectivity index is 1.56. The molecule has 0 aliphatic carbocycles. The smallest absolute Gasteiger partial charge is 0.237 e. The van der Waals surface area contributed by atoms with E-state index in [9.17, 15) is 4.79 Å². The molecule has 1 aromatic heterocycles. The lowest BCUT2D eigenvalue weighted by Gasteiger charge is -2.16. The summed E-state index contributed by atoms with van der Waals surface area (Å²) in [6, 6.07) is 26.0. The lowest BCUT2D eigenvalue weighted by Crippen LogP contribution is -2.25. The van der Waals surface area contributed by atoms with Gasteiger partial charge in [0.25, 0.3) is 0 Å². The summed E-state index contributed by atoms with van der Waals surface area (Å²) in [6.45, 7) is 3.96. The van der Waals surface area contributed by atoms with Crippen LogP contribution in [0.5, 0.6) is 0 Å². The van der Waals surface area contributed by atoms with Crippen molar-refractivity contribution in [3.05, 3.63) is 84.6 Å². The van der Waals surface area contributed by atoms with Crippen LogP contribution in [0.3, 0.4) is 0 Å². The summed E-state index contributed by atoms with van der Waals surface area (Å²) in [5, 5.41) is 5.57. The van der Waals surface area contributed by atoms with Crippen LogP contribution in [0.4, 0.5) is 5.69 Å². The number of hydrogen-bond acceptors (Lipinski definition) is 4. The van der Waals surface area contributed by atoms with Gasteiger partial charge in [0.15, 0.2) is 5.16 Å². The molecule has 0 radical (unpaired) electrons. The lowest BCUT2D eigenvalue weighted by atomic mass is 10.1. The molecular formula is C25H23N3OS. The molecule has 1 heterocycles. The number of carbonyl (C=O) groups excluding carboxylic acids is 1. The zero-order valence-electron chi connectivity index (χ0n) is 17.0. The Morgan fingerprint density at radius 2 is 1.70 bits per heavy atom. The number of benzene rings is 3. The minimum absolute atomic E-state index is 0.0368. The maximum atomic E-state index is 13.0. The third-order valence-corrected chi connectivity index (χ3v) is 6.09. The fraction of sp³-hybridized carbons (Fsp3) is 0.160. The van der Waals surface area contributed by atoms with E-state index in [1.54, 1.807) is 0 Å². The lowest BCUT2D eigenvalue weighted by molar-refractivity contribution is -0.115. The highest BCUT2D eigenvalue weighted by atomic mass is 32.2. The third kappa shape index (κ3) is 4.52. The molecule has 5 heteroatoms. The van der Waals surface area contributed by atoms with Gasteiger partial charge in [0, 0.05) is 22.3 Å². The van der Waals surface area contributed by atoms with Gasteiger partial charge in [-0.3, -0.25) is 4.79 Å². The Morgan fingerprint density at radius 3 is 2.50 bits per heavy atom. The highest BCUT2D eigenvalue weighted by molar-refractivity contribution is 8.00. The molecule has 1 atom stereocenters. The first-order valence-corrected chi connectivity index (χ1v) is 10.9. The number of carbonyl (C=O) groups is 1. The van der Waals surface area contributed by atoms with Gasteiger partial charge in [0.1, 0.15) is 0 Å². The van der Waals surface area contributed by atoms with Crippen LogP contribution >= 0.6 is 11.8 Å². The van der Waals surface area contributed by atoms with E-state index in [0.29, 0.717) is 11.6 Å². The van der Waals surface area contributed by atoms with E-state index in [2.05, 4.69) is 10.3 Å². The number of hydrogen-bond donors (Lipinski definition) is 1. The standard InChI is InChI=1S/C25H23N3OS/c1-3-23(24(29)27-21-15-9-13-18-10-7-8-14-20(18)21)30-25-26-17(2)16-22(28-25)19-11-5-4-6-12-19/h4-16,23H,3H2,1-2H3,(H,27,29)/t23-/m1/s1. The zero-order valence-corrected chi connectivity index (χ0v) is 17.8. The van der Waals surface area contributed by atoms with Crippen LogP contribution in [-0.2, 0) is 4.79 Å². The second kappa shape index (κ2) is 9.09. The number of rotatable bonds is 6. The fourth-order valence-electron chi connectivity index (χ4n) is 3.35. The first-order chi connectivity index (χ1) is 14.6. The summed E-state index contributed by atoms with van der Waals surface area (Å²) in [7, 11) is 0. The van der Waals surface area contributed by atoms with Crippen molar-refractivity contribution in [1.82, 2.24) is 9.97 Å². The predicted octanol–water partition coefficient (Wildman–Crippen LogP) is 6.11. The van der Waals surface area contributed by atoms with Crippen LogP contribution in [0, 0.1) is 6.92 Å². The molecule has 4 nitrogen and oxygen atoms in total. The molecule has 0 aliphatic rings. The molecule has 4 rings (SSSR count). The van der Waals surface area contributed by atoms with Gasteiger partial charge in [-0.25, -0.2) is 9.97 Å². The highest BCUT2D eigenvalue weighted by Crippen LogP contribution is 2.28. The summed E-state index contributed by atoms with van der Waals surface area (Å²) < 4.78 is 0. The van der Waals surface area contributed by atoms with Crippen molar-refractivity contribution < 1.29 is 4.79 Å². The first kappa shape index (κ1) is 20.1. The third-order valence-electron chi connectivity index (χ3n) is 4.86. The molecule has 0 saturated heterocycles. The number of anilines is 1. The Bertz CT molecular complexity index is 1170. The molecular weight excluding hydrogens is 390 g/mol. The van der Waals surface area contributed by atoms with Gasteiger partial charge < -0.3 is 5.32 Å². The summed E-state index contributed by atoms with van der Waals surface area (Å²) >= 11 is 1.41. The molecule has 0 aliphatic heterocycles. The second-order valence-electron chi connectivity index (χ2n) is 7.07. The Morgan fingerprint density at radius 1 is 0.967 bits per heavy atom. The van der Waals surface area contributed by atoms with Crippen molar-refractivity contribution in [3.63, 3.8) is 0 Å². The van der Waals surface area contributed by atoms with Gasteiger partial charge in [-0.05, 0) is 30.9 Å². The van der Waals surface area contributed by atoms with Crippen molar-refractivity contribution in [2.45, 2.75) is 30.7 Å². The number of nitrogens with zero attached hydrogens (tertiary/aromatic N) is 2. The molecule has 4 aromatic rings. The predicted molar refractivity (Wildman–Crippen MR) is 125 cm³/mol. The SMILES string of the molecule is CC[C@@H](Sc1nc(C)cc(-c2ccccc2)n1)C(=O)Nc1cccc2ccccc12. The Kier molecular flexibility index (Phi) is 6.10. The first-order valence-electron chi connectivity index (χ1n) is 10.0. The number of aromatic nitrogens is 2. The van der Waals surface area contributed by atoms with E-state index in [0.717, 1.165) is 33.4 Å². The molecule has 0 bridgehead atoms. The van der Waals surface area contributed by atoms with E-state index in [-0.39, 0.29) is 11.2 Å². The highest BCUT2D eigenvalue weighted by Gasteiger charge is 2.21. The topological polar surface area (TPSA) is 54.9 Å². The maximum Gasteiger partial charge on any atom is 0.237 e. The maximum absolute atomic E-state index is 13.0. The molecule has 0 spiro atoms. The van der Waals surface area contributed by atoms with Crippen molar-refractivity contribution in [1.29, 1.82) is 0 Å². The van der Waals surface area contributed by atoms with E-state index in [4.69, 9.17) is 4.98 Å². The molecule has 3 aromatic carbocycles. The fourth-order valence-corrected chi connectivity index (χ4v) is 4.28. The molecule has 0 unspecified atom stereocenters. The molecule has 0 fully saturated rings. The van der Waals surface area contributed by atoms with Gasteiger partial charge in [-0.2, -0.15) is 0 Å². The second-order valence-corrected chi connectivity index (χ2v) is 8.24. The Hall–Kier alpha value is -3.18. The minimum atomic E-state index is -0.283. The van der Waals surface area contributed by atoms with Crippen molar-refractivity contribution in [2.24, 2.45) is 0 Å². The van der Waals surface area contributed by atoms with Gasteiger partial charge in [0.05, 0.1) is 10.9 Å². The van der Waals surface area contributed by atoms with Crippen LogP contribution in [0.25, 0.3) is 22.0 Å². The van der Waals surface area contributed by atoms with Crippen molar-refractivity contribution in [3.8, 4) is 11.3 Å². The van der Waals surface area contributed by atoms with Crippen LogP contribution in [0.2, 0.25) is 0 Å². The molecule has 30 heavy (non-hydrogen) atoms. The number of fused-ring (bicyclic) bond motifs is 1. The van der Waals surface area contributed by atoms with Crippen LogP contribution in [-0.4, -0.2) is 21.1 Å². The quantitative estimate of drug-likeness (QED) is 0.306. The molecule has 150 valence electrons. The summed E-state index contributed by atoms with van der Waals surface area (Å²) in [5.74, 6) is -0.0368. The monoisotopic (exact) mass is 413 g/mol. The normalized spacial score (nSPS) is 11.9. The van der Waals surface area contributed by atoms with Crippen molar-refractivity contribution in [2.75, 3.05) is 5.32 Å². The molecule has 0 saturated carbocycles. The van der Waals surface area contributed by atoms with E-state index in [1.165, 1.54) is 11.8 Å². The van der Waals surface area contributed by atoms with Crippen LogP contribution in [0.1, 0.15) is 19.0 Å². The number of thioether (sulfide) groups is 1. The summed E-state index contributed by atoms with van der Waals surface area (Å²) in [4.78, 5) is 22.3.